The van der Waals surface area contributed by atoms with E-state index in [0.717, 1.165) is 22.6 Å². The summed E-state index contributed by atoms with van der Waals surface area (Å²) in [7, 11) is 0. The number of nitrogens with zero attached hydrogens (tertiary/aromatic N) is 3. The highest BCUT2D eigenvalue weighted by Gasteiger charge is 2.28. The molecular formula is C27H30N4O3. The zero-order chi connectivity index (χ0) is 23.9. The van der Waals surface area contributed by atoms with Crippen LogP contribution in [-0.4, -0.2) is 27.9 Å². The average Bonchev–Trinajstić information content (AvgIpc) is 2.84. The normalized spacial score (nSPS) is 13.7. The Morgan fingerprint density at radius 3 is 2.50 bits per heavy atom. The molecular weight excluding hydrogens is 428 g/mol. The number of benzene rings is 2. The molecule has 1 aliphatic heterocycles. The Morgan fingerprint density at radius 1 is 1.09 bits per heavy atom. The Bertz CT molecular complexity index is 1130. The Morgan fingerprint density at radius 2 is 1.79 bits per heavy atom. The van der Waals surface area contributed by atoms with Gasteiger partial charge in [-0.3, -0.25) is 4.79 Å². The van der Waals surface area contributed by atoms with E-state index in [-0.39, 0.29) is 24.5 Å². The number of nitrogens with two attached hydrogens (primary N) is 1. The second-order valence-electron chi connectivity index (χ2n) is 8.66. The van der Waals surface area contributed by atoms with Crippen molar-refractivity contribution in [3.05, 3.63) is 84.1 Å². The van der Waals surface area contributed by atoms with E-state index in [1.54, 1.807) is 6.20 Å². The molecule has 0 bridgehead atoms. The number of carbonyl (C=O) groups is 1. The molecule has 0 aliphatic carbocycles. The van der Waals surface area contributed by atoms with Crippen molar-refractivity contribution in [2.24, 2.45) is 16.6 Å². The topological polar surface area (TPSA) is 90.0 Å². The smallest absolute Gasteiger partial charge is 0.306 e. The molecule has 0 fully saturated rings. The molecule has 1 aliphatic rings. The zero-order valence-electron chi connectivity index (χ0n) is 19.6. The maximum absolute atomic E-state index is 12.4. The number of guanidine groups is 1. The number of carbonyl (C=O) groups excluding carboxylic acids is 1. The summed E-state index contributed by atoms with van der Waals surface area (Å²) in [5, 5.41) is 0. The minimum absolute atomic E-state index is 0.0350. The predicted molar refractivity (Wildman–Crippen MR) is 132 cm³/mol. The van der Waals surface area contributed by atoms with E-state index < -0.39 is 0 Å². The van der Waals surface area contributed by atoms with E-state index in [9.17, 15) is 4.79 Å². The standard InChI is InChI=1S/C27H30N4O3/c1-19(2)24(13-14-26(32)33-18-20-9-5-3-6-10-20)31-17-21-15-25(29-16-23(21)30-27(31)28)34-22-11-7-4-8-12-22/h3-12,15-16,19,24H,13-14,17-18H2,1-2H3,(H2,28,30)/t24-/m0/s1. The van der Waals surface area contributed by atoms with Gasteiger partial charge < -0.3 is 20.1 Å². The quantitative estimate of drug-likeness (QED) is 0.444. The van der Waals surface area contributed by atoms with E-state index >= 15 is 0 Å². The number of aliphatic imine (C=N–C) groups is 1. The fraction of sp³-hybridized carbons (Fsp3) is 0.296. The number of para-hydroxylation sites is 1. The molecule has 0 saturated carbocycles. The van der Waals surface area contributed by atoms with Crippen molar-refractivity contribution in [3.63, 3.8) is 0 Å². The lowest BCUT2D eigenvalue weighted by atomic mass is 9.96. The summed E-state index contributed by atoms with van der Waals surface area (Å²) in [5.74, 6) is 1.71. The monoisotopic (exact) mass is 458 g/mol. The van der Waals surface area contributed by atoms with E-state index in [1.807, 2.05) is 66.7 Å². The highest BCUT2D eigenvalue weighted by atomic mass is 16.5. The summed E-state index contributed by atoms with van der Waals surface area (Å²) < 4.78 is 11.3. The Hall–Kier alpha value is -3.87. The number of esters is 1. The van der Waals surface area contributed by atoms with Crippen LogP contribution in [0.3, 0.4) is 0 Å². The summed E-state index contributed by atoms with van der Waals surface area (Å²) in [6, 6.07) is 21.2. The Labute approximate surface area is 200 Å². The summed E-state index contributed by atoms with van der Waals surface area (Å²) in [6.45, 7) is 5.10. The fourth-order valence-corrected chi connectivity index (χ4v) is 4.02. The number of hydrogen-bond acceptors (Lipinski definition) is 7. The second kappa shape index (κ2) is 10.8. The largest absolute Gasteiger partial charge is 0.461 e. The van der Waals surface area contributed by atoms with Crippen LogP contribution in [0.2, 0.25) is 0 Å². The maximum atomic E-state index is 12.4. The van der Waals surface area contributed by atoms with Gasteiger partial charge in [0.1, 0.15) is 12.4 Å². The van der Waals surface area contributed by atoms with Crippen LogP contribution in [0, 0.1) is 5.92 Å². The minimum atomic E-state index is -0.217. The molecule has 0 unspecified atom stereocenters. The van der Waals surface area contributed by atoms with Crippen molar-refractivity contribution in [3.8, 4) is 11.6 Å². The van der Waals surface area contributed by atoms with Gasteiger partial charge in [-0.2, -0.15) is 0 Å². The summed E-state index contributed by atoms with van der Waals surface area (Å²) in [6.07, 6.45) is 2.61. The van der Waals surface area contributed by atoms with Gasteiger partial charge in [0.05, 0.1) is 11.9 Å². The molecule has 1 atom stereocenters. The lowest BCUT2D eigenvalue weighted by Gasteiger charge is -2.37. The van der Waals surface area contributed by atoms with Gasteiger partial charge in [0, 0.05) is 30.6 Å². The van der Waals surface area contributed by atoms with Crippen molar-refractivity contribution >= 4 is 17.6 Å². The molecule has 2 N–H and O–H groups in total. The lowest BCUT2D eigenvalue weighted by molar-refractivity contribution is -0.145. The van der Waals surface area contributed by atoms with E-state index in [0.29, 0.717) is 31.2 Å². The maximum Gasteiger partial charge on any atom is 0.306 e. The molecule has 0 amide bonds. The number of rotatable bonds is 9. The van der Waals surface area contributed by atoms with Crippen LogP contribution in [-0.2, 0) is 22.7 Å². The summed E-state index contributed by atoms with van der Waals surface area (Å²) in [4.78, 5) is 23.4. The molecule has 7 heteroatoms. The van der Waals surface area contributed by atoms with Crippen LogP contribution in [0.5, 0.6) is 11.6 Å². The molecule has 1 aromatic heterocycles. The second-order valence-corrected chi connectivity index (χ2v) is 8.66. The Balaban J connectivity index is 1.40. The molecule has 2 heterocycles. The fourth-order valence-electron chi connectivity index (χ4n) is 4.02. The van der Waals surface area contributed by atoms with Crippen molar-refractivity contribution in [2.75, 3.05) is 0 Å². The molecule has 2 aromatic carbocycles. The highest BCUT2D eigenvalue weighted by Crippen LogP contribution is 2.32. The summed E-state index contributed by atoms with van der Waals surface area (Å²) in [5.41, 5.74) is 9.02. The Kier molecular flexibility index (Phi) is 7.42. The number of hydrogen-bond donors (Lipinski definition) is 1. The van der Waals surface area contributed by atoms with Crippen LogP contribution in [0.15, 0.2) is 77.9 Å². The summed E-state index contributed by atoms with van der Waals surface area (Å²) >= 11 is 0. The predicted octanol–water partition coefficient (Wildman–Crippen LogP) is 5.18. The first kappa shape index (κ1) is 23.3. The molecule has 34 heavy (non-hydrogen) atoms. The minimum Gasteiger partial charge on any atom is -0.461 e. The van der Waals surface area contributed by atoms with Crippen molar-refractivity contribution in [1.82, 2.24) is 9.88 Å². The third kappa shape index (κ3) is 5.92. The first-order valence-corrected chi connectivity index (χ1v) is 11.5. The van der Waals surface area contributed by atoms with Crippen LogP contribution < -0.4 is 10.5 Å². The van der Waals surface area contributed by atoms with E-state index in [1.165, 1.54) is 0 Å². The molecule has 176 valence electrons. The first-order valence-electron chi connectivity index (χ1n) is 11.5. The van der Waals surface area contributed by atoms with Gasteiger partial charge in [-0.1, -0.05) is 62.4 Å². The number of ether oxygens (including phenoxy) is 2. The van der Waals surface area contributed by atoms with Crippen molar-refractivity contribution < 1.29 is 14.3 Å². The molecule has 0 radical (unpaired) electrons. The van der Waals surface area contributed by atoms with E-state index in [4.69, 9.17) is 15.2 Å². The van der Waals surface area contributed by atoms with Crippen LogP contribution in [0.25, 0.3) is 0 Å². The molecule has 3 aromatic rings. The van der Waals surface area contributed by atoms with Gasteiger partial charge in [-0.15, -0.1) is 0 Å². The highest BCUT2D eigenvalue weighted by molar-refractivity contribution is 5.84. The molecule has 0 spiro atoms. The van der Waals surface area contributed by atoms with Gasteiger partial charge in [0.2, 0.25) is 5.88 Å². The number of pyridine rings is 1. The van der Waals surface area contributed by atoms with Crippen molar-refractivity contribution in [2.45, 2.75) is 45.9 Å². The number of aromatic nitrogens is 1. The molecule has 7 nitrogen and oxygen atoms in total. The zero-order valence-corrected chi connectivity index (χ0v) is 19.6. The van der Waals surface area contributed by atoms with Gasteiger partial charge in [-0.05, 0) is 30.0 Å². The van der Waals surface area contributed by atoms with Gasteiger partial charge in [-0.25, -0.2) is 9.98 Å². The van der Waals surface area contributed by atoms with Gasteiger partial charge in [0.25, 0.3) is 0 Å². The first-order chi connectivity index (χ1) is 16.5. The van der Waals surface area contributed by atoms with Gasteiger partial charge >= 0.3 is 5.97 Å². The van der Waals surface area contributed by atoms with Crippen molar-refractivity contribution in [1.29, 1.82) is 0 Å². The SMILES string of the molecule is CC(C)[C@H](CCC(=O)OCc1ccccc1)N1Cc2cc(Oc3ccccc3)ncc2N=C1N. The van der Waals surface area contributed by atoms with Gasteiger partial charge in [0.15, 0.2) is 5.96 Å². The lowest BCUT2D eigenvalue weighted by Crippen LogP contribution is -2.48. The van der Waals surface area contributed by atoms with Crippen LogP contribution in [0.4, 0.5) is 5.69 Å². The average molecular weight is 459 g/mol. The molecule has 4 rings (SSSR count). The third-order valence-corrected chi connectivity index (χ3v) is 5.83. The van der Waals surface area contributed by atoms with Crippen LogP contribution >= 0.6 is 0 Å². The van der Waals surface area contributed by atoms with Crippen LogP contribution in [0.1, 0.15) is 37.8 Å². The third-order valence-electron chi connectivity index (χ3n) is 5.83. The van der Waals surface area contributed by atoms with E-state index in [2.05, 4.69) is 28.7 Å². The molecule has 0 saturated heterocycles. The number of fused-ring (bicyclic) bond motifs is 1.